The Morgan fingerprint density at radius 3 is 2.83 bits per heavy atom. The molecule has 1 fully saturated rings. The van der Waals surface area contributed by atoms with Gasteiger partial charge in [0.15, 0.2) is 5.82 Å². The first-order chi connectivity index (χ1) is 14.2. The number of tetrazole rings is 1. The standard InChI is InChI=1S/C19H22FN7OS/c20-15-7-5-14(6-8-15)10-26-11-16(9-21-26)22-19(28)13-29-12-18-23-24-25-27(18)17-3-1-2-4-17/h5-9,11,17H,1-4,10,12-13H2,(H,22,28). The maximum Gasteiger partial charge on any atom is 0.234 e. The van der Waals surface area contributed by atoms with Gasteiger partial charge in [-0.2, -0.15) is 5.10 Å². The van der Waals surface area contributed by atoms with Crippen LogP contribution >= 0.6 is 11.8 Å². The number of carbonyl (C=O) groups excluding carboxylic acids is 1. The smallest absolute Gasteiger partial charge is 0.234 e. The lowest BCUT2D eigenvalue weighted by Gasteiger charge is -2.10. The lowest BCUT2D eigenvalue weighted by atomic mass is 10.2. The number of benzene rings is 1. The van der Waals surface area contributed by atoms with E-state index >= 15 is 0 Å². The van der Waals surface area contributed by atoms with Crippen molar-refractivity contribution >= 4 is 23.4 Å². The number of hydrogen-bond donors (Lipinski definition) is 1. The molecular formula is C19H22FN7OS. The molecule has 1 aliphatic carbocycles. The summed E-state index contributed by atoms with van der Waals surface area (Å²) >= 11 is 1.48. The predicted octanol–water partition coefficient (Wildman–Crippen LogP) is 3.04. The van der Waals surface area contributed by atoms with Gasteiger partial charge in [0.25, 0.3) is 0 Å². The van der Waals surface area contributed by atoms with E-state index in [-0.39, 0.29) is 11.7 Å². The summed E-state index contributed by atoms with van der Waals surface area (Å²) in [7, 11) is 0. The molecule has 1 N–H and O–H groups in total. The molecule has 1 aromatic carbocycles. The zero-order chi connectivity index (χ0) is 20.1. The summed E-state index contributed by atoms with van der Waals surface area (Å²) < 4.78 is 16.6. The molecule has 0 aliphatic heterocycles. The molecule has 0 bridgehead atoms. The molecule has 0 saturated heterocycles. The first kappa shape index (κ1) is 19.6. The van der Waals surface area contributed by atoms with Crippen molar-refractivity contribution in [2.75, 3.05) is 11.1 Å². The van der Waals surface area contributed by atoms with Crippen molar-refractivity contribution in [1.29, 1.82) is 0 Å². The fraction of sp³-hybridized carbons (Fsp3) is 0.421. The highest BCUT2D eigenvalue weighted by Gasteiger charge is 2.21. The molecule has 1 aliphatic rings. The van der Waals surface area contributed by atoms with Gasteiger partial charge in [0.05, 0.1) is 36.0 Å². The fourth-order valence-electron chi connectivity index (χ4n) is 3.46. The summed E-state index contributed by atoms with van der Waals surface area (Å²) in [5.41, 5.74) is 1.57. The predicted molar refractivity (Wildman–Crippen MR) is 108 cm³/mol. The number of carbonyl (C=O) groups is 1. The largest absolute Gasteiger partial charge is 0.323 e. The zero-order valence-electron chi connectivity index (χ0n) is 15.9. The van der Waals surface area contributed by atoms with Crippen molar-refractivity contribution in [3.63, 3.8) is 0 Å². The van der Waals surface area contributed by atoms with Crippen LogP contribution in [0, 0.1) is 5.82 Å². The molecule has 0 unspecified atom stereocenters. The molecule has 4 rings (SSSR count). The number of halogens is 1. The Bertz CT molecular complexity index is 950. The summed E-state index contributed by atoms with van der Waals surface area (Å²) in [6.45, 7) is 0.509. The average Bonchev–Trinajstić information content (AvgIpc) is 3.45. The van der Waals surface area contributed by atoms with Crippen molar-refractivity contribution in [3.05, 3.63) is 53.9 Å². The van der Waals surface area contributed by atoms with Crippen LogP contribution in [0.4, 0.5) is 10.1 Å². The van der Waals surface area contributed by atoms with Crippen molar-refractivity contribution in [3.8, 4) is 0 Å². The van der Waals surface area contributed by atoms with Crippen molar-refractivity contribution < 1.29 is 9.18 Å². The summed E-state index contributed by atoms with van der Waals surface area (Å²) in [5.74, 6) is 1.36. The van der Waals surface area contributed by atoms with Crippen molar-refractivity contribution in [1.82, 2.24) is 30.0 Å². The van der Waals surface area contributed by atoms with Crippen LogP contribution in [0.1, 0.15) is 43.1 Å². The highest BCUT2D eigenvalue weighted by molar-refractivity contribution is 7.99. The molecule has 2 heterocycles. The van der Waals surface area contributed by atoms with Gasteiger partial charge < -0.3 is 5.32 Å². The number of amides is 1. The van der Waals surface area contributed by atoms with Gasteiger partial charge in [-0.15, -0.1) is 16.9 Å². The lowest BCUT2D eigenvalue weighted by Crippen LogP contribution is -2.15. The van der Waals surface area contributed by atoms with Crippen LogP contribution in [0.2, 0.25) is 0 Å². The van der Waals surface area contributed by atoms with Gasteiger partial charge in [0, 0.05) is 6.20 Å². The topological polar surface area (TPSA) is 90.5 Å². The second kappa shape index (κ2) is 9.17. The van der Waals surface area contributed by atoms with Gasteiger partial charge >= 0.3 is 0 Å². The van der Waals surface area contributed by atoms with Crippen LogP contribution in [0.15, 0.2) is 36.7 Å². The molecule has 2 aromatic heterocycles. The highest BCUT2D eigenvalue weighted by atomic mass is 32.2. The minimum atomic E-state index is -0.267. The van der Waals surface area contributed by atoms with Crippen LogP contribution in [0.3, 0.4) is 0 Å². The van der Waals surface area contributed by atoms with E-state index in [9.17, 15) is 9.18 Å². The van der Waals surface area contributed by atoms with E-state index in [1.165, 1.54) is 36.7 Å². The number of anilines is 1. The Kier molecular flexibility index (Phi) is 6.18. The Morgan fingerprint density at radius 1 is 1.24 bits per heavy atom. The average molecular weight is 415 g/mol. The molecule has 0 radical (unpaired) electrons. The molecule has 1 amide bonds. The van der Waals surface area contributed by atoms with E-state index in [0.717, 1.165) is 24.2 Å². The minimum absolute atomic E-state index is 0.101. The van der Waals surface area contributed by atoms with Gasteiger partial charge in [0.2, 0.25) is 5.91 Å². The van der Waals surface area contributed by atoms with E-state index in [2.05, 4.69) is 25.9 Å². The Hall–Kier alpha value is -2.75. The molecule has 0 atom stereocenters. The molecule has 152 valence electrons. The van der Waals surface area contributed by atoms with Gasteiger partial charge in [-0.1, -0.05) is 25.0 Å². The highest BCUT2D eigenvalue weighted by Crippen LogP contribution is 2.29. The molecule has 0 spiro atoms. The second-order valence-electron chi connectivity index (χ2n) is 7.07. The molecule has 8 nitrogen and oxygen atoms in total. The first-order valence-electron chi connectivity index (χ1n) is 9.58. The van der Waals surface area contributed by atoms with Gasteiger partial charge in [-0.05, 0) is 41.0 Å². The van der Waals surface area contributed by atoms with E-state index in [1.807, 2.05) is 4.68 Å². The van der Waals surface area contributed by atoms with E-state index in [0.29, 0.717) is 29.8 Å². The molecule has 10 heteroatoms. The number of hydrogen-bond acceptors (Lipinski definition) is 6. The zero-order valence-corrected chi connectivity index (χ0v) is 16.7. The third-order valence-corrected chi connectivity index (χ3v) is 5.80. The number of thioether (sulfide) groups is 1. The van der Waals surface area contributed by atoms with Crippen LogP contribution < -0.4 is 5.32 Å². The van der Waals surface area contributed by atoms with Gasteiger partial charge in [-0.3, -0.25) is 9.48 Å². The summed E-state index contributed by atoms with van der Waals surface area (Å²) in [4.78, 5) is 12.2. The number of rotatable bonds is 8. The molecule has 29 heavy (non-hydrogen) atoms. The third kappa shape index (κ3) is 5.20. The minimum Gasteiger partial charge on any atom is -0.323 e. The van der Waals surface area contributed by atoms with Gasteiger partial charge in [0.1, 0.15) is 5.82 Å². The van der Waals surface area contributed by atoms with Crippen LogP contribution in [-0.2, 0) is 17.1 Å². The lowest BCUT2D eigenvalue weighted by molar-refractivity contribution is -0.113. The second-order valence-corrected chi connectivity index (χ2v) is 8.06. The van der Waals surface area contributed by atoms with E-state index in [4.69, 9.17) is 0 Å². The first-order valence-corrected chi connectivity index (χ1v) is 10.7. The van der Waals surface area contributed by atoms with Crippen LogP contribution in [0.5, 0.6) is 0 Å². The summed E-state index contributed by atoms with van der Waals surface area (Å²) in [5, 5.41) is 19.1. The summed E-state index contributed by atoms with van der Waals surface area (Å²) in [6, 6.07) is 6.65. The Labute approximate surface area is 171 Å². The molecule has 3 aromatic rings. The third-order valence-electron chi connectivity index (χ3n) is 4.87. The number of nitrogens with zero attached hydrogens (tertiary/aromatic N) is 6. The Morgan fingerprint density at radius 2 is 2.03 bits per heavy atom. The van der Waals surface area contributed by atoms with Gasteiger partial charge in [-0.25, -0.2) is 9.07 Å². The van der Waals surface area contributed by atoms with E-state index < -0.39 is 0 Å². The fourth-order valence-corrected chi connectivity index (χ4v) is 4.20. The maximum atomic E-state index is 13.0. The van der Waals surface area contributed by atoms with Crippen LogP contribution in [0.25, 0.3) is 0 Å². The quantitative estimate of drug-likeness (QED) is 0.608. The molecule has 1 saturated carbocycles. The maximum absolute atomic E-state index is 13.0. The number of nitrogens with one attached hydrogen (secondary N) is 1. The molecular weight excluding hydrogens is 393 g/mol. The van der Waals surface area contributed by atoms with Crippen molar-refractivity contribution in [2.24, 2.45) is 0 Å². The monoisotopic (exact) mass is 415 g/mol. The van der Waals surface area contributed by atoms with E-state index in [1.54, 1.807) is 29.2 Å². The van der Waals surface area contributed by atoms with Crippen LogP contribution in [-0.4, -0.2) is 41.6 Å². The Balaban J connectivity index is 1.24. The summed E-state index contributed by atoms with van der Waals surface area (Å²) in [6.07, 6.45) is 8.03. The van der Waals surface area contributed by atoms with Crippen molar-refractivity contribution in [2.45, 2.75) is 44.0 Å². The SMILES string of the molecule is O=C(CSCc1nnnn1C1CCCC1)Nc1cnn(Cc2ccc(F)cc2)c1. The number of aromatic nitrogens is 6. The normalized spacial score (nSPS) is 14.4.